The number of anilines is 1. The van der Waals surface area contributed by atoms with Crippen LogP contribution in [0.4, 0.5) is 5.69 Å². The molecule has 2 N–H and O–H groups in total. The quantitative estimate of drug-likeness (QED) is 0.738. The minimum atomic E-state index is -0.486. The van der Waals surface area contributed by atoms with Crippen LogP contribution in [0.2, 0.25) is 0 Å². The highest BCUT2D eigenvalue weighted by Gasteiger charge is 2.26. The average molecular weight is 413 g/mol. The van der Waals surface area contributed by atoms with Gasteiger partial charge in [0.15, 0.2) is 0 Å². The third-order valence-corrected chi connectivity index (χ3v) is 6.47. The zero-order chi connectivity index (χ0) is 21.1. The highest BCUT2D eigenvalue weighted by atomic mass is 16.5. The molecule has 162 valence electrons. The molecule has 4 rings (SSSR count). The number of hydrogen-bond acceptors (Lipinski definition) is 5. The molecule has 0 spiro atoms. The van der Waals surface area contributed by atoms with Crippen molar-refractivity contribution >= 4 is 28.5 Å². The molecule has 30 heavy (non-hydrogen) atoms. The van der Waals surface area contributed by atoms with Gasteiger partial charge in [0.05, 0.1) is 19.3 Å². The van der Waals surface area contributed by atoms with E-state index in [-0.39, 0.29) is 11.6 Å². The number of methoxy groups -OCH3 is 1. The Morgan fingerprint density at radius 3 is 2.57 bits per heavy atom. The third-order valence-electron chi connectivity index (χ3n) is 6.47. The summed E-state index contributed by atoms with van der Waals surface area (Å²) in [6.07, 6.45) is 6.70. The lowest BCUT2D eigenvalue weighted by molar-refractivity contribution is -0.117. The summed E-state index contributed by atoms with van der Waals surface area (Å²) in [5, 5.41) is 3.80. The fraction of sp³-hybridized carbons (Fsp3) is 0.565. The summed E-state index contributed by atoms with van der Waals surface area (Å²) in [5.41, 5.74) is 2.66. The van der Waals surface area contributed by atoms with Gasteiger partial charge in [0.25, 0.3) is 0 Å². The second kappa shape index (κ2) is 9.18. The standard InChI is InChI=1S/C23H32N4O3/c1-16-8-9-19-18(14-16)21(22(24-19)23(29)30-2)25-20(28)15-26-10-12-27(13-11-26)17-6-4-3-5-7-17/h8-9,14,17,24H,3-7,10-13,15H2,1-2H3,(H,25,28). The van der Waals surface area contributed by atoms with Crippen molar-refractivity contribution in [3.8, 4) is 0 Å². The van der Waals surface area contributed by atoms with Crippen LogP contribution >= 0.6 is 0 Å². The van der Waals surface area contributed by atoms with Gasteiger partial charge in [0.2, 0.25) is 5.91 Å². The van der Waals surface area contributed by atoms with E-state index in [2.05, 4.69) is 20.1 Å². The van der Waals surface area contributed by atoms with Crippen LogP contribution in [-0.4, -0.2) is 72.5 Å². The van der Waals surface area contributed by atoms with Gasteiger partial charge >= 0.3 is 5.97 Å². The minimum absolute atomic E-state index is 0.103. The number of aromatic nitrogens is 1. The minimum Gasteiger partial charge on any atom is -0.464 e. The molecule has 1 aromatic carbocycles. The molecule has 0 atom stereocenters. The van der Waals surface area contributed by atoms with Crippen LogP contribution < -0.4 is 5.32 Å². The Bertz CT molecular complexity index is 909. The Morgan fingerprint density at radius 2 is 1.87 bits per heavy atom. The predicted molar refractivity (Wildman–Crippen MR) is 118 cm³/mol. The summed E-state index contributed by atoms with van der Waals surface area (Å²) in [5.74, 6) is -0.589. The largest absolute Gasteiger partial charge is 0.464 e. The monoisotopic (exact) mass is 412 g/mol. The second-order valence-electron chi connectivity index (χ2n) is 8.57. The molecule has 1 saturated heterocycles. The number of carbonyl (C=O) groups is 2. The highest BCUT2D eigenvalue weighted by Crippen LogP contribution is 2.29. The average Bonchev–Trinajstić information content (AvgIpc) is 3.11. The molecule has 0 unspecified atom stereocenters. The summed E-state index contributed by atoms with van der Waals surface area (Å²) in [7, 11) is 1.34. The first kappa shape index (κ1) is 20.9. The number of piperazine rings is 1. The smallest absolute Gasteiger partial charge is 0.356 e. The van der Waals surface area contributed by atoms with E-state index < -0.39 is 5.97 Å². The maximum atomic E-state index is 12.8. The second-order valence-corrected chi connectivity index (χ2v) is 8.57. The molecule has 1 aliphatic heterocycles. The van der Waals surface area contributed by atoms with Gasteiger partial charge in [-0.2, -0.15) is 0 Å². The van der Waals surface area contributed by atoms with Gasteiger partial charge in [-0.1, -0.05) is 30.9 Å². The third kappa shape index (κ3) is 4.52. The molecule has 1 aliphatic carbocycles. The van der Waals surface area contributed by atoms with Gasteiger partial charge in [-0.25, -0.2) is 4.79 Å². The highest BCUT2D eigenvalue weighted by molar-refractivity contribution is 6.11. The molecule has 1 saturated carbocycles. The number of benzene rings is 1. The van der Waals surface area contributed by atoms with Gasteiger partial charge in [0.1, 0.15) is 5.69 Å². The lowest BCUT2D eigenvalue weighted by atomic mass is 9.94. The molecular formula is C23H32N4O3. The molecule has 2 aliphatic rings. The van der Waals surface area contributed by atoms with E-state index in [1.165, 1.54) is 39.2 Å². The molecular weight excluding hydrogens is 380 g/mol. The summed E-state index contributed by atoms with van der Waals surface area (Å²) < 4.78 is 4.90. The number of nitrogens with one attached hydrogen (secondary N) is 2. The van der Waals surface area contributed by atoms with Crippen LogP contribution in [0.1, 0.15) is 48.2 Å². The first-order valence-corrected chi connectivity index (χ1v) is 11.0. The van der Waals surface area contributed by atoms with Gasteiger partial charge in [-0.3, -0.25) is 14.6 Å². The number of rotatable bonds is 5. The van der Waals surface area contributed by atoms with Crippen molar-refractivity contribution in [2.75, 3.05) is 45.2 Å². The van der Waals surface area contributed by atoms with E-state index in [1.807, 2.05) is 25.1 Å². The number of carbonyl (C=O) groups excluding carboxylic acids is 2. The lowest BCUT2D eigenvalue weighted by Crippen LogP contribution is -2.52. The number of H-pyrrole nitrogens is 1. The van der Waals surface area contributed by atoms with Crippen molar-refractivity contribution in [3.05, 3.63) is 29.5 Å². The van der Waals surface area contributed by atoms with Crippen LogP contribution in [-0.2, 0) is 9.53 Å². The molecule has 0 radical (unpaired) electrons. The van der Waals surface area contributed by atoms with Gasteiger partial charge in [-0.05, 0) is 31.9 Å². The van der Waals surface area contributed by atoms with E-state index in [9.17, 15) is 9.59 Å². The molecule has 2 aromatic rings. The number of aryl methyl sites for hydroxylation is 1. The van der Waals surface area contributed by atoms with Gasteiger partial charge < -0.3 is 15.0 Å². The van der Waals surface area contributed by atoms with Crippen molar-refractivity contribution < 1.29 is 14.3 Å². The molecule has 7 heteroatoms. The molecule has 7 nitrogen and oxygen atoms in total. The number of fused-ring (bicyclic) bond motifs is 1. The molecule has 1 amide bonds. The number of ether oxygens (including phenoxy) is 1. The van der Waals surface area contributed by atoms with Crippen LogP contribution in [0.15, 0.2) is 18.2 Å². The van der Waals surface area contributed by atoms with E-state index in [4.69, 9.17) is 4.74 Å². The van der Waals surface area contributed by atoms with Crippen molar-refractivity contribution in [2.24, 2.45) is 0 Å². The topological polar surface area (TPSA) is 77.7 Å². The van der Waals surface area contributed by atoms with Gasteiger partial charge in [0, 0.05) is 43.1 Å². The van der Waals surface area contributed by atoms with Crippen molar-refractivity contribution in [2.45, 2.75) is 45.1 Å². The Labute approximate surface area is 177 Å². The molecule has 1 aromatic heterocycles. The normalized spacial score (nSPS) is 19.1. The Hall–Kier alpha value is -2.38. The van der Waals surface area contributed by atoms with E-state index in [0.717, 1.165) is 48.7 Å². The molecule has 2 heterocycles. The molecule has 2 fully saturated rings. The van der Waals surface area contributed by atoms with Crippen LogP contribution in [0, 0.1) is 6.92 Å². The maximum Gasteiger partial charge on any atom is 0.356 e. The zero-order valence-corrected chi connectivity index (χ0v) is 18.0. The lowest BCUT2D eigenvalue weighted by Gasteiger charge is -2.40. The Kier molecular flexibility index (Phi) is 6.39. The van der Waals surface area contributed by atoms with E-state index in [1.54, 1.807) is 0 Å². The Morgan fingerprint density at radius 1 is 1.13 bits per heavy atom. The summed E-state index contributed by atoms with van der Waals surface area (Å²) in [6, 6.07) is 6.58. The van der Waals surface area contributed by atoms with Crippen LogP contribution in [0.25, 0.3) is 10.9 Å². The fourth-order valence-electron chi connectivity index (χ4n) is 4.81. The number of nitrogens with zero attached hydrogens (tertiary/aromatic N) is 2. The predicted octanol–water partition coefficient (Wildman–Crippen LogP) is 3.15. The van der Waals surface area contributed by atoms with Crippen LogP contribution in [0.5, 0.6) is 0 Å². The zero-order valence-electron chi connectivity index (χ0n) is 18.0. The summed E-state index contributed by atoms with van der Waals surface area (Å²) >= 11 is 0. The van der Waals surface area contributed by atoms with Gasteiger partial charge in [-0.15, -0.1) is 0 Å². The number of amides is 1. The number of hydrogen-bond donors (Lipinski definition) is 2. The van der Waals surface area contributed by atoms with Crippen LogP contribution in [0.3, 0.4) is 0 Å². The number of aromatic amines is 1. The fourth-order valence-corrected chi connectivity index (χ4v) is 4.81. The first-order chi connectivity index (χ1) is 14.5. The SMILES string of the molecule is COC(=O)c1[nH]c2ccc(C)cc2c1NC(=O)CN1CCN(C2CCCCC2)CC1. The van der Waals surface area contributed by atoms with Crippen molar-refractivity contribution in [3.63, 3.8) is 0 Å². The first-order valence-electron chi connectivity index (χ1n) is 11.0. The van der Waals surface area contributed by atoms with Crippen molar-refractivity contribution in [1.82, 2.24) is 14.8 Å². The summed E-state index contributed by atoms with van der Waals surface area (Å²) in [6.45, 7) is 6.18. The van der Waals surface area contributed by atoms with E-state index in [0.29, 0.717) is 12.2 Å². The molecule has 0 bridgehead atoms. The Balaban J connectivity index is 1.40. The van der Waals surface area contributed by atoms with E-state index >= 15 is 0 Å². The number of esters is 1. The summed E-state index contributed by atoms with van der Waals surface area (Å²) in [4.78, 5) is 32.9. The maximum absolute atomic E-state index is 12.8. The van der Waals surface area contributed by atoms with Crippen molar-refractivity contribution in [1.29, 1.82) is 0 Å².